The quantitative estimate of drug-likeness (QED) is 0.104. The fourth-order valence-electron chi connectivity index (χ4n) is 3.12. The summed E-state index contributed by atoms with van der Waals surface area (Å²) < 4.78 is 0. The molecule has 0 rings (SSSR count). The highest BCUT2D eigenvalue weighted by atomic mass is 16.4. The van der Waals surface area contributed by atoms with E-state index < -0.39 is 54.5 Å². The number of aliphatic hydroxyl groups is 1. The third-order valence-electron chi connectivity index (χ3n) is 5.01. The van der Waals surface area contributed by atoms with Gasteiger partial charge in [-0.3, -0.25) is 14.4 Å². The van der Waals surface area contributed by atoms with Crippen LogP contribution in [-0.4, -0.2) is 77.8 Å². The highest BCUT2D eigenvalue weighted by Gasteiger charge is 2.30. The van der Waals surface area contributed by atoms with Crippen molar-refractivity contribution in [2.45, 2.75) is 83.0 Å². The van der Waals surface area contributed by atoms with Crippen LogP contribution in [0.4, 0.5) is 0 Å². The van der Waals surface area contributed by atoms with E-state index in [0.717, 1.165) is 0 Å². The number of hydrogen-bond donors (Lipinski definition) is 8. The van der Waals surface area contributed by atoms with E-state index in [1.807, 2.05) is 13.8 Å². The molecule has 0 spiro atoms. The maximum absolute atomic E-state index is 12.9. The predicted octanol–water partition coefficient (Wildman–Crippen LogP) is -1.85. The lowest BCUT2D eigenvalue weighted by Crippen LogP contribution is -2.57. The lowest BCUT2D eigenvalue weighted by molar-refractivity contribution is -0.142. The van der Waals surface area contributed by atoms with Crippen molar-refractivity contribution < 1.29 is 29.4 Å². The number of carboxylic acids is 1. The van der Waals surface area contributed by atoms with Gasteiger partial charge in [0.2, 0.25) is 17.7 Å². The Kier molecular flexibility index (Phi) is 16.0. The minimum absolute atomic E-state index is 0.0228. The Bertz CT molecular complexity index is 618. The van der Waals surface area contributed by atoms with E-state index in [9.17, 15) is 24.3 Å². The fraction of sp³-hybridized carbons (Fsp3) is 0.810. The molecule has 12 heteroatoms. The Balaban J connectivity index is 5.39. The molecule has 0 aromatic carbocycles. The third-order valence-corrected chi connectivity index (χ3v) is 5.01. The zero-order valence-electron chi connectivity index (χ0n) is 19.7. The maximum Gasteiger partial charge on any atom is 0.326 e. The van der Waals surface area contributed by atoms with E-state index in [1.54, 1.807) is 0 Å². The monoisotopic (exact) mass is 474 g/mol. The Morgan fingerprint density at radius 1 is 0.758 bits per heavy atom. The molecule has 0 radical (unpaired) electrons. The van der Waals surface area contributed by atoms with E-state index in [-0.39, 0.29) is 25.2 Å². The van der Waals surface area contributed by atoms with Crippen molar-refractivity contribution in [3.05, 3.63) is 0 Å². The second-order valence-corrected chi connectivity index (χ2v) is 8.51. The van der Waals surface area contributed by atoms with Gasteiger partial charge in [0.15, 0.2) is 0 Å². The third kappa shape index (κ3) is 13.1. The molecule has 0 aromatic heterocycles. The second-order valence-electron chi connectivity index (χ2n) is 8.51. The van der Waals surface area contributed by atoms with Crippen LogP contribution in [0.25, 0.3) is 0 Å². The van der Waals surface area contributed by atoms with Crippen LogP contribution in [0.3, 0.4) is 0 Å². The molecule has 0 aliphatic heterocycles. The van der Waals surface area contributed by atoms with E-state index in [1.165, 1.54) is 0 Å². The molecule has 3 amide bonds. The predicted molar refractivity (Wildman–Crippen MR) is 124 cm³/mol. The lowest BCUT2D eigenvalue weighted by atomic mass is 10.0. The number of aliphatic hydroxyl groups excluding tert-OH is 1. The zero-order chi connectivity index (χ0) is 25.4. The lowest BCUT2D eigenvalue weighted by Gasteiger charge is -2.26. The highest BCUT2D eigenvalue weighted by Crippen LogP contribution is 2.09. The smallest absolute Gasteiger partial charge is 0.326 e. The van der Waals surface area contributed by atoms with Crippen molar-refractivity contribution in [3.8, 4) is 0 Å². The number of unbranched alkanes of at least 4 members (excludes halogenated alkanes) is 2. The van der Waals surface area contributed by atoms with Crippen molar-refractivity contribution >= 4 is 23.7 Å². The molecule has 12 nitrogen and oxygen atoms in total. The van der Waals surface area contributed by atoms with Gasteiger partial charge in [0.25, 0.3) is 0 Å². The minimum Gasteiger partial charge on any atom is -0.480 e. The first-order valence-electron chi connectivity index (χ1n) is 11.5. The van der Waals surface area contributed by atoms with Gasteiger partial charge in [-0.1, -0.05) is 13.8 Å². The number of hydrogen-bond acceptors (Lipinski definition) is 8. The van der Waals surface area contributed by atoms with Gasteiger partial charge in [0.05, 0.1) is 6.61 Å². The molecule has 0 saturated carbocycles. The van der Waals surface area contributed by atoms with Crippen molar-refractivity contribution in [1.82, 2.24) is 16.0 Å². The van der Waals surface area contributed by atoms with Gasteiger partial charge >= 0.3 is 5.97 Å². The van der Waals surface area contributed by atoms with E-state index >= 15 is 0 Å². The van der Waals surface area contributed by atoms with Crippen molar-refractivity contribution in [2.24, 2.45) is 23.1 Å². The summed E-state index contributed by atoms with van der Waals surface area (Å²) in [5, 5.41) is 26.1. The largest absolute Gasteiger partial charge is 0.480 e. The zero-order valence-corrected chi connectivity index (χ0v) is 19.7. The van der Waals surface area contributed by atoms with Gasteiger partial charge in [-0.2, -0.15) is 0 Å². The number of rotatable bonds is 18. The molecule has 11 N–H and O–H groups in total. The van der Waals surface area contributed by atoms with Crippen LogP contribution in [0.5, 0.6) is 0 Å². The average molecular weight is 475 g/mol. The number of carbonyl (C=O) groups excluding carboxylic acids is 3. The van der Waals surface area contributed by atoms with Crippen LogP contribution < -0.4 is 33.2 Å². The highest BCUT2D eigenvalue weighted by molar-refractivity contribution is 5.94. The van der Waals surface area contributed by atoms with E-state index in [4.69, 9.17) is 22.3 Å². The number of carboxylic acid groups (broad SMARTS) is 1. The van der Waals surface area contributed by atoms with E-state index in [0.29, 0.717) is 38.8 Å². The van der Waals surface area contributed by atoms with Crippen LogP contribution in [0.15, 0.2) is 0 Å². The molecule has 0 heterocycles. The normalized spacial score (nSPS) is 14.8. The Morgan fingerprint density at radius 3 is 1.67 bits per heavy atom. The fourth-order valence-corrected chi connectivity index (χ4v) is 3.12. The SMILES string of the molecule is CC(C)CC(NC(=O)C(CCCCN)NC(=O)C(N)CO)C(=O)NC(CCCCN)C(=O)O. The summed E-state index contributed by atoms with van der Waals surface area (Å²) in [5.74, 6) is -3.05. The molecule has 0 fully saturated rings. The summed E-state index contributed by atoms with van der Waals surface area (Å²) in [4.78, 5) is 49.4. The number of nitrogens with one attached hydrogen (secondary N) is 3. The number of nitrogens with two attached hydrogens (primary N) is 3. The van der Waals surface area contributed by atoms with Gasteiger partial charge in [-0.15, -0.1) is 0 Å². The standard InChI is InChI=1S/C21H42N6O6/c1-13(2)11-17(20(31)26-16(21(32)33)8-4-6-10-23)27-19(30)15(7-3-5-9-22)25-18(29)14(24)12-28/h13-17,28H,3-12,22-24H2,1-2H3,(H,25,29)(H,26,31)(H,27,30)(H,32,33). The van der Waals surface area contributed by atoms with E-state index in [2.05, 4.69) is 16.0 Å². The summed E-state index contributed by atoms with van der Waals surface area (Å²) in [6, 6.07) is -4.26. The summed E-state index contributed by atoms with van der Waals surface area (Å²) >= 11 is 0. The number of amides is 3. The van der Waals surface area contributed by atoms with Crippen LogP contribution in [0, 0.1) is 5.92 Å². The molecule has 0 saturated heterocycles. The molecular weight excluding hydrogens is 432 g/mol. The topological polar surface area (TPSA) is 223 Å². The van der Waals surface area contributed by atoms with Gasteiger partial charge < -0.3 is 43.4 Å². The number of aliphatic carboxylic acids is 1. The summed E-state index contributed by atoms with van der Waals surface area (Å²) in [6.07, 6.45) is 3.10. The molecule has 4 atom stereocenters. The van der Waals surface area contributed by atoms with Crippen molar-refractivity contribution in [1.29, 1.82) is 0 Å². The summed E-state index contributed by atoms with van der Waals surface area (Å²) in [7, 11) is 0. The number of carbonyl (C=O) groups is 4. The first-order valence-corrected chi connectivity index (χ1v) is 11.5. The van der Waals surface area contributed by atoms with Crippen LogP contribution in [0.1, 0.15) is 58.8 Å². The van der Waals surface area contributed by atoms with Crippen molar-refractivity contribution in [2.75, 3.05) is 19.7 Å². The van der Waals surface area contributed by atoms with Gasteiger partial charge in [0, 0.05) is 0 Å². The molecule has 0 aliphatic carbocycles. The van der Waals surface area contributed by atoms with Crippen molar-refractivity contribution in [3.63, 3.8) is 0 Å². The van der Waals surface area contributed by atoms with Crippen LogP contribution in [-0.2, 0) is 19.2 Å². The summed E-state index contributed by atoms with van der Waals surface area (Å²) in [5.41, 5.74) is 16.5. The molecule has 4 unspecified atom stereocenters. The van der Waals surface area contributed by atoms with Gasteiger partial charge in [0.1, 0.15) is 24.2 Å². The van der Waals surface area contributed by atoms with Crippen LogP contribution in [0.2, 0.25) is 0 Å². The first-order chi connectivity index (χ1) is 15.6. The molecule has 33 heavy (non-hydrogen) atoms. The Labute approximate surface area is 195 Å². The summed E-state index contributed by atoms with van der Waals surface area (Å²) in [6.45, 7) is 3.98. The molecule has 0 aromatic rings. The van der Waals surface area contributed by atoms with Crippen LogP contribution >= 0.6 is 0 Å². The molecule has 0 aliphatic rings. The maximum atomic E-state index is 12.9. The average Bonchev–Trinajstić information content (AvgIpc) is 2.76. The Hall–Kier alpha value is -2.28. The molecule has 0 bridgehead atoms. The minimum atomic E-state index is -1.19. The molecule has 192 valence electrons. The van der Waals surface area contributed by atoms with Gasteiger partial charge in [-0.25, -0.2) is 4.79 Å². The first kappa shape index (κ1) is 30.7. The Morgan fingerprint density at radius 2 is 1.21 bits per heavy atom. The van der Waals surface area contributed by atoms with Gasteiger partial charge in [-0.05, 0) is 64.0 Å². The second kappa shape index (κ2) is 17.2. The molecular formula is C21H42N6O6.